The first-order valence-corrected chi connectivity index (χ1v) is 9.79. The Hall–Kier alpha value is -3.18. The number of nitro groups is 1. The molecule has 9 nitrogen and oxygen atoms in total. The van der Waals surface area contributed by atoms with E-state index < -0.39 is 4.92 Å². The van der Waals surface area contributed by atoms with Gasteiger partial charge in [-0.1, -0.05) is 35.2 Å². The highest BCUT2D eigenvalue weighted by molar-refractivity contribution is 8.00. The lowest BCUT2D eigenvalue weighted by Crippen LogP contribution is -2.11. The van der Waals surface area contributed by atoms with E-state index >= 15 is 0 Å². The first-order valence-electron chi connectivity index (χ1n) is 7.99. The van der Waals surface area contributed by atoms with Gasteiger partial charge in [0, 0.05) is 23.4 Å². The number of nitrogens with zero attached hydrogens (tertiary/aromatic N) is 3. The van der Waals surface area contributed by atoms with Crippen LogP contribution < -0.4 is 14.8 Å². The van der Waals surface area contributed by atoms with E-state index in [0.717, 1.165) is 5.56 Å². The lowest BCUT2D eigenvalue weighted by Gasteiger charge is -2.02. The molecule has 0 spiro atoms. The second-order valence-electron chi connectivity index (χ2n) is 5.61. The summed E-state index contributed by atoms with van der Waals surface area (Å²) < 4.78 is 11.2. The largest absolute Gasteiger partial charge is 0.454 e. The van der Waals surface area contributed by atoms with Crippen LogP contribution in [0.1, 0.15) is 15.9 Å². The van der Waals surface area contributed by atoms with Crippen molar-refractivity contribution in [2.45, 2.75) is 10.1 Å². The van der Waals surface area contributed by atoms with Gasteiger partial charge in [-0.3, -0.25) is 20.2 Å². The summed E-state index contributed by atoms with van der Waals surface area (Å²) in [4.78, 5) is 22.6. The second kappa shape index (κ2) is 7.82. The van der Waals surface area contributed by atoms with Gasteiger partial charge in [-0.2, -0.15) is 0 Å². The van der Waals surface area contributed by atoms with Crippen molar-refractivity contribution in [1.29, 1.82) is 0 Å². The summed E-state index contributed by atoms with van der Waals surface area (Å²) >= 11 is 2.69. The monoisotopic (exact) mass is 416 g/mol. The van der Waals surface area contributed by atoms with Crippen LogP contribution in [0.3, 0.4) is 0 Å². The Bertz CT molecular complexity index is 1040. The third-order valence-corrected chi connectivity index (χ3v) is 5.81. The highest BCUT2D eigenvalue weighted by Crippen LogP contribution is 2.33. The van der Waals surface area contributed by atoms with Crippen LogP contribution in [-0.2, 0) is 5.75 Å². The molecule has 1 aromatic heterocycles. The standard InChI is InChI=1S/C17H12N4O5S2/c22-15(11-3-6-13-14(7-11)26-9-25-13)18-16-19-20-17(28-16)27-8-10-1-4-12(5-2-10)21(23)24/h1-7H,8-9H2,(H,18,19,22). The van der Waals surface area contributed by atoms with Gasteiger partial charge in [0.05, 0.1) is 4.92 Å². The summed E-state index contributed by atoms with van der Waals surface area (Å²) in [5, 5.41) is 21.8. The van der Waals surface area contributed by atoms with Crippen molar-refractivity contribution in [3.8, 4) is 11.5 Å². The van der Waals surface area contributed by atoms with Crippen LogP contribution in [0.25, 0.3) is 0 Å². The fourth-order valence-electron chi connectivity index (χ4n) is 2.38. The molecule has 3 aromatic rings. The molecule has 0 atom stereocenters. The predicted octanol–water partition coefficient (Wildman–Crippen LogP) is 3.72. The molecule has 0 aliphatic carbocycles. The predicted molar refractivity (Wildman–Crippen MR) is 103 cm³/mol. The molecule has 2 heterocycles. The Morgan fingerprint density at radius 2 is 1.96 bits per heavy atom. The maximum absolute atomic E-state index is 12.4. The number of carbonyl (C=O) groups is 1. The zero-order valence-corrected chi connectivity index (χ0v) is 15.8. The summed E-state index contributed by atoms with van der Waals surface area (Å²) in [6, 6.07) is 11.3. The van der Waals surface area contributed by atoms with E-state index in [9.17, 15) is 14.9 Å². The molecule has 0 bridgehead atoms. The summed E-state index contributed by atoms with van der Waals surface area (Å²) in [6.45, 7) is 0.145. The molecule has 0 saturated heterocycles. The number of anilines is 1. The van der Waals surface area contributed by atoms with E-state index in [1.807, 2.05) is 0 Å². The number of nitro benzene ring substituents is 1. The summed E-state index contributed by atoms with van der Waals surface area (Å²) in [7, 11) is 0. The van der Waals surface area contributed by atoms with E-state index in [0.29, 0.717) is 32.3 Å². The number of nitrogens with one attached hydrogen (secondary N) is 1. The molecule has 1 aliphatic heterocycles. The average Bonchev–Trinajstić information content (AvgIpc) is 3.35. The highest BCUT2D eigenvalue weighted by Gasteiger charge is 2.17. The SMILES string of the molecule is O=C(Nc1nnc(SCc2ccc([N+](=O)[O-])cc2)s1)c1ccc2c(c1)OCO2. The molecule has 0 unspecified atom stereocenters. The van der Waals surface area contributed by atoms with Gasteiger partial charge in [-0.05, 0) is 23.8 Å². The van der Waals surface area contributed by atoms with Gasteiger partial charge in [0.15, 0.2) is 15.8 Å². The van der Waals surface area contributed by atoms with E-state index in [4.69, 9.17) is 9.47 Å². The van der Waals surface area contributed by atoms with E-state index in [2.05, 4.69) is 15.5 Å². The Balaban J connectivity index is 1.35. The second-order valence-corrected chi connectivity index (χ2v) is 7.81. The van der Waals surface area contributed by atoms with E-state index in [1.54, 1.807) is 30.3 Å². The highest BCUT2D eigenvalue weighted by atomic mass is 32.2. The summed E-state index contributed by atoms with van der Waals surface area (Å²) in [6.07, 6.45) is 0. The minimum Gasteiger partial charge on any atom is -0.454 e. The topological polar surface area (TPSA) is 116 Å². The molecule has 1 N–H and O–H groups in total. The lowest BCUT2D eigenvalue weighted by molar-refractivity contribution is -0.384. The van der Waals surface area contributed by atoms with Crippen LogP contribution in [0.5, 0.6) is 11.5 Å². The Kier molecular flexibility index (Phi) is 5.08. The number of hydrogen-bond donors (Lipinski definition) is 1. The molecular formula is C17H12N4O5S2. The van der Waals surface area contributed by atoms with E-state index in [-0.39, 0.29) is 18.4 Å². The van der Waals surface area contributed by atoms with Gasteiger partial charge in [0.2, 0.25) is 11.9 Å². The molecule has 11 heteroatoms. The molecule has 0 radical (unpaired) electrons. The van der Waals surface area contributed by atoms with Crippen LogP contribution in [0.2, 0.25) is 0 Å². The first kappa shape index (κ1) is 18.2. The molecule has 4 rings (SSSR count). The quantitative estimate of drug-likeness (QED) is 0.280. The number of carbonyl (C=O) groups excluding carboxylic acids is 1. The van der Waals surface area contributed by atoms with Crippen molar-refractivity contribution in [3.63, 3.8) is 0 Å². The molecule has 142 valence electrons. The van der Waals surface area contributed by atoms with Gasteiger partial charge in [0.25, 0.3) is 11.6 Å². The Morgan fingerprint density at radius 3 is 2.75 bits per heavy atom. The normalized spacial score (nSPS) is 12.0. The Morgan fingerprint density at radius 1 is 1.18 bits per heavy atom. The van der Waals surface area contributed by atoms with Crippen LogP contribution in [0.4, 0.5) is 10.8 Å². The fraction of sp³-hybridized carbons (Fsp3) is 0.118. The van der Waals surface area contributed by atoms with Crippen molar-refractivity contribution < 1.29 is 19.2 Å². The zero-order chi connectivity index (χ0) is 19.5. The van der Waals surface area contributed by atoms with Gasteiger partial charge in [0.1, 0.15) is 0 Å². The number of hydrogen-bond acceptors (Lipinski definition) is 9. The van der Waals surface area contributed by atoms with Crippen molar-refractivity contribution in [2.24, 2.45) is 0 Å². The van der Waals surface area contributed by atoms with Crippen molar-refractivity contribution >= 4 is 39.8 Å². The van der Waals surface area contributed by atoms with Crippen LogP contribution in [-0.4, -0.2) is 27.8 Å². The minimum absolute atomic E-state index is 0.0539. The number of rotatable bonds is 6. The van der Waals surface area contributed by atoms with Gasteiger partial charge >= 0.3 is 0 Å². The van der Waals surface area contributed by atoms with Crippen molar-refractivity contribution in [3.05, 3.63) is 63.7 Å². The molecule has 0 saturated carbocycles. The zero-order valence-electron chi connectivity index (χ0n) is 14.2. The smallest absolute Gasteiger partial charge is 0.269 e. The number of ether oxygens (including phenoxy) is 2. The number of amides is 1. The van der Waals surface area contributed by atoms with Gasteiger partial charge in [-0.25, -0.2) is 0 Å². The van der Waals surface area contributed by atoms with Crippen LogP contribution >= 0.6 is 23.1 Å². The molecule has 2 aromatic carbocycles. The maximum Gasteiger partial charge on any atom is 0.269 e. The first-order chi connectivity index (χ1) is 13.6. The average molecular weight is 416 g/mol. The third kappa shape index (κ3) is 4.05. The molecule has 0 fully saturated rings. The number of benzene rings is 2. The summed E-state index contributed by atoms with van der Waals surface area (Å²) in [5.74, 6) is 1.41. The molecular weight excluding hydrogens is 404 g/mol. The molecule has 28 heavy (non-hydrogen) atoms. The van der Waals surface area contributed by atoms with Gasteiger partial charge in [-0.15, -0.1) is 10.2 Å². The van der Waals surface area contributed by atoms with Crippen LogP contribution in [0.15, 0.2) is 46.8 Å². The minimum atomic E-state index is -0.434. The Labute approximate surface area is 166 Å². The van der Waals surface area contributed by atoms with Crippen molar-refractivity contribution in [2.75, 3.05) is 12.1 Å². The maximum atomic E-state index is 12.4. The number of fused-ring (bicyclic) bond motifs is 1. The molecule has 1 amide bonds. The number of non-ortho nitro benzene ring substituents is 1. The summed E-state index contributed by atoms with van der Waals surface area (Å²) in [5.41, 5.74) is 1.41. The van der Waals surface area contributed by atoms with Crippen molar-refractivity contribution in [1.82, 2.24) is 10.2 Å². The fourth-order valence-corrected chi connectivity index (χ4v) is 4.09. The van der Waals surface area contributed by atoms with Gasteiger partial charge < -0.3 is 9.47 Å². The molecule has 1 aliphatic rings. The third-order valence-electron chi connectivity index (χ3n) is 3.77. The lowest BCUT2D eigenvalue weighted by atomic mass is 10.2. The number of thioether (sulfide) groups is 1. The van der Waals surface area contributed by atoms with E-state index in [1.165, 1.54) is 35.2 Å². The number of aromatic nitrogens is 2. The van der Waals surface area contributed by atoms with Crippen LogP contribution in [0, 0.1) is 10.1 Å².